The zero-order chi connectivity index (χ0) is 10.4. The van der Waals surface area contributed by atoms with Gasteiger partial charge in [-0.1, -0.05) is 17.6 Å². The molecular weight excluding hydrogens is 176 g/mol. The molecule has 0 heterocycles. The van der Waals surface area contributed by atoms with Gasteiger partial charge in [-0.05, 0) is 26.0 Å². The van der Waals surface area contributed by atoms with Gasteiger partial charge in [0.15, 0.2) is 6.29 Å². The Kier molecular flexibility index (Phi) is 3.75. The lowest BCUT2D eigenvalue weighted by atomic mass is 10.1. The molecule has 0 fully saturated rings. The van der Waals surface area contributed by atoms with Crippen LogP contribution in [0.1, 0.15) is 22.8 Å². The number of rotatable bonds is 3. The minimum absolute atomic E-state index is 0.320. The van der Waals surface area contributed by atoms with E-state index in [1.165, 1.54) is 0 Å². The number of carbonyl (C=O) groups excluding carboxylic acids is 1. The summed E-state index contributed by atoms with van der Waals surface area (Å²) in [5.74, 6) is 6.09. The smallest absolute Gasteiger partial charge is 0.153 e. The summed E-state index contributed by atoms with van der Waals surface area (Å²) in [5, 5.41) is 0. The van der Waals surface area contributed by atoms with Crippen LogP contribution in [0.25, 0.3) is 0 Å². The van der Waals surface area contributed by atoms with Crippen LogP contribution in [0.3, 0.4) is 0 Å². The van der Waals surface area contributed by atoms with Gasteiger partial charge in [-0.25, -0.2) is 0 Å². The van der Waals surface area contributed by atoms with Crippen LogP contribution in [0.4, 0.5) is 0 Å². The molecule has 0 aliphatic carbocycles. The molecule has 0 saturated heterocycles. The average molecular weight is 188 g/mol. The van der Waals surface area contributed by atoms with Crippen LogP contribution in [-0.2, 0) is 0 Å². The summed E-state index contributed by atoms with van der Waals surface area (Å²) >= 11 is 0. The highest BCUT2D eigenvalue weighted by molar-refractivity contribution is 5.79. The monoisotopic (exact) mass is 188 g/mol. The van der Waals surface area contributed by atoms with E-state index < -0.39 is 0 Å². The molecule has 0 saturated carbocycles. The average Bonchev–Trinajstić information content (AvgIpc) is 2.20. The molecule has 0 N–H and O–H groups in total. The fraction of sp³-hybridized carbons (Fsp3) is 0.250. The molecule has 0 unspecified atom stereocenters. The van der Waals surface area contributed by atoms with E-state index in [0.29, 0.717) is 17.9 Å². The molecule has 0 aliphatic rings. The number of hydrogen-bond acceptors (Lipinski definition) is 2. The highest BCUT2D eigenvalue weighted by Gasteiger charge is 2.01. The van der Waals surface area contributed by atoms with Crippen molar-refractivity contribution in [2.75, 3.05) is 6.61 Å². The minimum atomic E-state index is 0.320. The van der Waals surface area contributed by atoms with E-state index in [2.05, 4.69) is 11.8 Å². The highest BCUT2D eigenvalue weighted by Crippen LogP contribution is 2.17. The fourth-order valence-electron chi connectivity index (χ4n) is 1.08. The lowest BCUT2D eigenvalue weighted by Gasteiger charge is -2.05. The standard InChI is InChI=1S/C12H12O2/c1-3-4-7-14-12-6-5-10(2)8-11(12)9-13/h5-6,8-9H,7H2,1-2H3. The zero-order valence-corrected chi connectivity index (χ0v) is 8.33. The van der Waals surface area contributed by atoms with E-state index in [1.54, 1.807) is 19.1 Å². The number of carbonyl (C=O) groups is 1. The van der Waals surface area contributed by atoms with Gasteiger partial charge in [0.2, 0.25) is 0 Å². The quantitative estimate of drug-likeness (QED) is 0.537. The van der Waals surface area contributed by atoms with Gasteiger partial charge >= 0.3 is 0 Å². The van der Waals surface area contributed by atoms with Crippen molar-refractivity contribution in [1.82, 2.24) is 0 Å². The molecule has 1 aromatic rings. The summed E-state index contributed by atoms with van der Waals surface area (Å²) < 4.78 is 5.32. The second-order valence-electron chi connectivity index (χ2n) is 2.87. The maximum atomic E-state index is 10.7. The molecule has 0 amide bonds. The molecule has 0 bridgehead atoms. The normalized spacial score (nSPS) is 8.71. The Hall–Kier alpha value is -1.75. The van der Waals surface area contributed by atoms with Gasteiger partial charge in [-0.15, -0.1) is 5.92 Å². The largest absolute Gasteiger partial charge is 0.480 e. The van der Waals surface area contributed by atoms with Crippen LogP contribution in [0.5, 0.6) is 5.75 Å². The second kappa shape index (κ2) is 5.08. The first-order valence-corrected chi connectivity index (χ1v) is 4.36. The molecular formula is C12H12O2. The van der Waals surface area contributed by atoms with Gasteiger partial charge in [0.1, 0.15) is 12.4 Å². The molecule has 0 aliphatic heterocycles. The Morgan fingerprint density at radius 2 is 2.29 bits per heavy atom. The number of hydrogen-bond donors (Lipinski definition) is 0. The Bertz CT molecular complexity index is 383. The second-order valence-corrected chi connectivity index (χ2v) is 2.87. The minimum Gasteiger partial charge on any atom is -0.480 e. The van der Waals surface area contributed by atoms with Crippen molar-refractivity contribution in [3.8, 4) is 17.6 Å². The first-order chi connectivity index (χ1) is 6.77. The molecule has 0 aromatic heterocycles. The zero-order valence-electron chi connectivity index (χ0n) is 8.33. The Balaban J connectivity index is 2.83. The summed E-state index contributed by atoms with van der Waals surface area (Å²) in [7, 11) is 0. The third-order valence-electron chi connectivity index (χ3n) is 1.77. The fourth-order valence-corrected chi connectivity index (χ4v) is 1.08. The van der Waals surface area contributed by atoms with Gasteiger partial charge < -0.3 is 4.74 Å². The molecule has 14 heavy (non-hydrogen) atoms. The van der Waals surface area contributed by atoms with Gasteiger partial charge in [0, 0.05) is 0 Å². The van der Waals surface area contributed by atoms with E-state index in [1.807, 2.05) is 13.0 Å². The molecule has 1 rings (SSSR count). The third-order valence-corrected chi connectivity index (χ3v) is 1.77. The highest BCUT2D eigenvalue weighted by atomic mass is 16.5. The third kappa shape index (κ3) is 2.63. The van der Waals surface area contributed by atoms with Crippen LogP contribution < -0.4 is 4.74 Å². The van der Waals surface area contributed by atoms with Crippen molar-refractivity contribution in [1.29, 1.82) is 0 Å². The van der Waals surface area contributed by atoms with Crippen molar-refractivity contribution in [2.24, 2.45) is 0 Å². The van der Waals surface area contributed by atoms with Crippen molar-refractivity contribution in [3.05, 3.63) is 29.3 Å². The van der Waals surface area contributed by atoms with Gasteiger partial charge in [0.05, 0.1) is 5.56 Å². The number of ether oxygens (including phenoxy) is 1. The van der Waals surface area contributed by atoms with Crippen molar-refractivity contribution >= 4 is 6.29 Å². The predicted octanol–water partition coefficient (Wildman–Crippen LogP) is 2.21. The number of aryl methyl sites for hydroxylation is 1. The summed E-state index contributed by atoms with van der Waals surface area (Å²) in [6.07, 6.45) is 0.793. The van der Waals surface area contributed by atoms with E-state index in [9.17, 15) is 4.79 Å². The molecule has 72 valence electrons. The summed E-state index contributed by atoms with van der Waals surface area (Å²) in [4.78, 5) is 10.7. The van der Waals surface area contributed by atoms with E-state index in [0.717, 1.165) is 11.8 Å². The van der Waals surface area contributed by atoms with Crippen LogP contribution in [0.15, 0.2) is 18.2 Å². The molecule has 0 radical (unpaired) electrons. The van der Waals surface area contributed by atoms with E-state index >= 15 is 0 Å². The molecule has 2 heteroatoms. The van der Waals surface area contributed by atoms with Gasteiger partial charge in [-0.3, -0.25) is 4.79 Å². The molecule has 2 nitrogen and oxygen atoms in total. The molecule has 0 spiro atoms. The van der Waals surface area contributed by atoms with Crippen molar-refractivity contribution in [3.63, 3.8) is 0 Å². The topological polar surface area (TPSA) is 26.3 Å². The van der Waals surface area contributed by atoms with Crippen molar-refractivity contribution < 1.29 is 9.53 Å². The molecule has 1 aromatic carbocycles. The van der Waals surface area contributed by atoms with Crippen LogP contribution in [-0.4, -0.2) is 12.9 Å². The van der Waals surface area contributed by atoms with E-state index in [-0.39, 0.29) is 0 Å². The van der Waals surface area contributed by atoms with E-state index in [4.69, 9.17) is 4.74 Å². The Morgan fingerprint density at radius 3 is 2.93 bits per heavy atom. The SMILES string of the molecule is CC#CCOc1ccc(C)cc1C=O. The van der Waals surface area contributed by atoms with Crippen LogP contribution in [0.2, 0.25) is 0 Å². The van der Waals surface area contributed by atoms with Crippen molar-refractivity contribution in [2.45, 2.75) is 13.8 Å². The predicted molar refractivity (Wildman–Crippen MR) is 55.5 cm³/mol. The lowest BCUT2D eigenvalue weighted by Crippen LogP contribution is -1.97. The first-order valence-electron chi connectivity index (χ1n) is 4.36. The maximum absolute atomic E-state index is 10.7. The lowest BCUT2D eigenvalue weighted by molar-refractivity contribution is 0.112. The number of aldehydes is 1. The Morgan fingerprint density at radius 1 is 1.50 bits per heavy atom. The first kappa shape index (κ1) is 10.3. The summed E-state index contributed by atoms with van der Waals surface area (Å²) in [6.45, 7) is 4.00. The van der Waals surface area contributed by atoms with Crippen LogP contribution in [0, 0.1) is 18.8 Å². The Labute approximate surface area is 83.9 Å². The van der Waals surface area contributed by atoms with Crippen LogP contribution >= 0.6 is 0 Å². The summed E-state index contributed by atoms with van der Waals surface area (Å²) in [5.41, 5.74) is 1.61. The number of benzene rings is 1. The maximum Gasteiger partial charge on any atom is 0.153 e. The summed E-state index contributed by atoms with van der Waals surface area (Å²) in [6, 6.07) is 5.49. The molecule has 0 atom stereocenters. The van der Waals surface area contributed by atoms with Gasteiger partial charge in [0.25, 0.3) is 0 Å². The van der Waals surface area contributed by atoms with Gasteiger partial charge in [-0.2, -0.15) is 0 Å².